The summed E-state index contributed by atoms with van der Waals surface area (Å²) in [5.74, 6) is 0.705. The molecule has 0 radical (unpaired) electrons. The number of carbonyl (C=O) groups is 2. The van der Waals surface area contributed by atoms with Crippen LogP contribution in [0.3, 0.4) is 0 Å². The molecule has 0 bridgehead atoms. The predicted molar refractivity (Wildman–Crippen MR) is 104 cm³/mol. The van der Waals surface area contributed by atoms with Crippen LogP contribution in [0.5, 0.6) is 5.75 Å². The molecule has 6 heteroatoms. The Morgan fingerprint density at radius 2 is 1.77 bits per heavy atom. The van der Waals surface area contributed by atoms with Gasteiger partial charge in [-0.25, -0.2) is 0 Å². The lowest BCUT2D eigenvalue weighted by atomic mass is 10.1. The molecule has 0 aliphatic rings. The van der Waals surface area contributed by atoms with E-state index in [4.69, 9.17) is 4.74 Å². The minimum Gasteiger partial charge on any atom is -0.497 e. The van der Waals surface area contributed by atoms with Gasteiger partial charge in [-0.05, 0) is 48.4 Å². The third-order valence-electron chi connectivity index (χ3n) is 3.88. The Morgan fingerprint density at radius 3 is 2.42 bits per heavy atom. The molecule has 2 rings (SSSR count). The predicted octanol–water partition coefficient (Wildman–Crippen LogP) is 2.77. The van der Waals surface area contributed by atoms with Crippen LogP contribution in [0.1, 0.15) is 12.0 Å². The zero-order valence-electron chi connectivity index (χ0n) is 15.4. The number of rotatable bonds is 8. The van der Waals surface area contributed by atoms with E-state index >= 15 is 0 Å². The average Bonchev–Trinajstić information content (AvgIpc) is 2.65. The van der Waals surface area contributed by atoms with E-state index < -0.39 is 0 Å². The summed E-state index contributed by atoms with van der Waals surface area (Å²) in [6, 6.07) is 14.9. The van der Waals surface area contributed by atoms with Gasteiger partial charge in [0.2, 0.25) is 11.8 Å². The number of hydrogen-bond donors (Lipinski definition) is 2. The largest absolute Gasteiger partial charge is 0.497 e. The van der Waals surface area contributed by atoms with Crippen LogP contribution < -0.4 is 15.4 Å². The Hall–Kier alpha value is -3.02. The zero-order chi connectivity index (χ0) is 18.9. The third kappa shape index (κ3) is 6.12. The standard InChI is InChI=1S/C20H25N3O3/c1-23(2)20(25)12-7-15-5-4-6-17(13-15)21-14-19(24)22-16-8-10-18(26-3)11-9-16/h4-6,8-11,13,21H,7,12,14H2,1-3H3,(H,22,24). The molecular formula is C20H25N3O3. The summed E-state index contributed by atoms with van der Waals surface area (Å²) in [4.78, 5) is 25.3. The molecule has 2 aromatic carbocycles. The number of carbonyl (C=O) groups excluding carboxylic acids is 2. The fourth-order valence-electron chi connectivity index (χ4n) is 2.37. The SMILES string of the molecule is COc1ccc(NC(=O)CNc2cccc(CCC(=O)N(C)C)c2)cc1. The van der Waals surface area contributed by atoms with Crippen LogP contribution in [-0.4, -0.2) is 44.5 Å². The summed E-state index contributed by atoms with van der Waals surface area (Å²) in [6.45, 7) is 0.159. The maximum atomic E-state index is 12.1. The number of methoxy groups -OCH3 is 1. The first-order valence-electron chi connectivity index (χ1n) is 8.45. The van der Waals surface area contributed by atoms with Crippen molar-refractivity contribution in [1.29, 1.82) is 0 Å². The molecule has 2 aromatic rings. The van der Waals surface area contributed by atoms with Crippen molar-refractivity contribution < 1.29 is 14.3 Å². The number of aryl methyl sites for hydroxylation is 1. The Balaban J connectivity index is 1.83. The summed E-state index contributed by atoms with van der Waals surface area (Å²) in [6.07, 6.45) is 1.14. The molecular weight excluding hydrogens is 330 g/mol. The molecule has 0 heterocycles. The number of anilines is 2. The van der Waals surface area contributed by atoms with Gasteiger partial charge < -0.3 is 20.3 Å². The molecule has 0 atom stereocenters. The first kappa shape index (κ1) is 19.3. The van der Waals surface area contributed by atoms with Crippen LogP contribution in [0.2, 0.25) is 0 Å². The van der Waals surface area contributed by atoms with E-state index in [9.17, 15) is 9.59 Å². The Labute approximate surface area is 154 Å². The van der Waals surface area contributed by atoms with Crippen molar-refractivity contribution in [1.82, 2.24) is 4.90 Å². The third-order valence-corrected chi connectivity index (χ3v) is 3.88. The summed E-state index contributed by atoms with van der Waals surface area (Å²) in [5.41, 5.74) is 2.62. The maximum Gasteiger partial charge on any atom is 0.243 e. The normalized spacial score (nSPS) is 10.1. The van der Waals surface area contributed by atoms with Crippen LogP contribution in [0.15, 0.2) is 48.5 Å². The van der Waals surface area contributed by atoms with Crippen LogP contribution in [-0.2, 0) is 16.0 Å². The van der Waals surface area contributed by atoms with Gasteiger partial charge in [0.1, 0.15) is 5.75 Å². The fraction of sp³-hybridized carbons (Fsp3) is 0.300. The number of nitrogens with zero attached hydrogens (tertiary/aromatic N) is 1. The highest BCUT2D eigenvalue weighted by atomic mass is 16.5. The van der Waals surface area contributed by atoms with Crippen LogP contribution in [0, 0.1) is 0 Å². The number of ether oxygens (including phenoxy) is 1. The molecule has 0 aromatic heterocycles. The minimum atomic E-state index is -0.136. The quantitative estimate of drug-likeness (QED) is 0.764. The van der Waals surface area contributed by atoms with Crippen molar-refractivity contribution in [2.24, 2.45) is 0 Å². The van der Waals surface area contributed by atoms with E-state index in [0.717, 1.165) is 17.0 Å². The molecule has 2 N–H and O–H groups in total. The highest BCUT2D eigenvalue weighted by Gasteiger charge is 2.06. The highest BCUT2D eigenvalue weighted by Crippen LogP contribution is 2.15. The second-order valence-corrected chi connectivity index (χ2v) is 6.12. The van der Waals surface area contributed by atoms with Crippen molar-refractivity contribution in [3.8, 4) is 5.75 Å². The van der Waals surface area contributed by atoms with Crippen LogP contribution in [0.4, 0.5) is 11.4 Å². The van der Waals surface area contributed by atoms with Gasteiger partial charge >= 0.3 is 0 Å². The van der Waals surface area contributed by atoms with Gasteiger partial charge in [-0.3, -0.25) is 9.59 Å². The fourth-order valence-corrected chi connectivity index (χ4v) is 2.37. The first-order chi connectivity index (χ1) is 12.5. The molecule has 6 nitrogen and oxygen atoms in total. The molecule has 0 saturated carbocycles. The topological polar surface area (TPSA) is 70.7 Å². The number of amides is 2. The van der Waals surface area contributed by atoms with Gasteiger partial charge in [0.15, 0.2) is 0 Å². The van der Waals surface area contributed by atoms with E-state index in [0.29, 0.717) is 18.5 Å². The van der Waals surface area contributed by atoms with E-state index in [1.54, 1.807) is 50.4 Å². The second-order valence-electron chi connectivity index (χ2n) is 6.12. The van der Waals surface area contributed by atoms with Crippen molar-refractivity contribution >= 4 is 23.2 Å². The van der Waals surface area contributed by atoms with Crippen molar-refractivity contribution in [2.75, 3.05) is 38.4 Å². The second kappa shape index (κ2) is 9.46. The van der Waals surface area contributed by atoms with Crippen LogP contribution >= 0.6 is 0 Å². The lowest BCUT2D eigenvalue weighted by Gasteiger charge is -2.11. The Kier molecular flexibility index (Phi) is 7.02. The Bertz CT molecular complexity index is 742. The monoisotopic (exact) mass is 355 g/mol. The molecule has 0 unspecified atom stereocenters. The summed E-state index contributed by atoms with van der Waals surface area (Å²) < 4.78 is 5.09. The molecule has 2 amide bonds. The number of nitrogens with one attached hydrogen (secondary N) is 2. The van der Waals surface area contributed by atoms with Gasteiger partial charge in [-0.1, -0.05) is 12.1 Å². The average molecular weight is 355 g/mol. The molecule has 0 aliphatic carbocycles. The molecule has 0 fully saturated rings. The highest BCUT2D eigenvalue weighted by molar-refractivity contribution is 5.93. The van der Waals surface area contributed by atoms with Crippen LogP contribution in [0.25, 0.3) is 0 Å². The molecule has 0 spiro atoms. The molecule has 0 aliphatic heterocycles. The van der Waals surface area contributed by atoms with Crippen molar-refractivity contribution in [3.63, 3.8) is 0 Å². The van der Waals surface area contributed by atoms with Crippen molar-refractivity contribution in [2.45, 2.75) is 12.8 Å². The Morgan fingerprint density at radius 1 is 1.04 bits per heavy atom. The number of benzene rings is 2. The zero-order valence-corrected chi connectivity index (χ0v) is 15.4. The lowest BCUT2D eigenvalue weighted by molar-refractivity contribution is -0.128. The minimum absolute atomic E-state index is 0.0993. The van der Waals surface area contributed by atoms with Gasteiger partial charge in [0, 0.05) is 31.9 Å². The summed E-state index contributed by atoms with van der Waals surface area (Å²) >= 11 is 0. The summed E-state index contributed by atoms with van der Waals surface area (Å²) in [7, 11) is 5.10. The first-order valence-corrected chi connectivity index (χ1v) is 8.45. The molecule has 138 valence electrons. The van der Waals surface area contributed by atoms with Gasteiger partial charge in [-0.15, -0.1) is 0 Å². The van der Waals surface area contributed by atoms with E-state index in [2.05, 4.69) is 10.6 Å². The van der Waals surface area contributed by atoms with E-state index in [1.165, 1.54) is 0 Å². The van der Waals surface area contributed by atoms with Gasteiger partial charge in [-0.2, -0.15) is 0 Å². The smallest absolute Gasteiger partial charge is 0.243 e. The lowest BCUT2D eigenvalue weighted by Crippen LogP contribution is -2.22. The van der Waals surface area contributed by atoms with Crippen molar-refractivity contribution in [3.05, 3.63) is 54.1 Å². The van der Waals surface area contributed by atoms with E-state index in [1.807, 2.05) is 24.3 Å². The van der Waals surface area contributed by atoms with Gasteiger partial charge in [0.05, 0.1) is 13.7 Å². The molecule has 0 saturated heterocycles. The van der Waals surface area contributed by atoms with E-state index in [-0.39, 0.29) is 18.4 Å². The molecule has 26 heavy (non-hydrogen) atoms. The number of hydrogen-bond acceptors (Lipinski definition) is 4. The summed E-state index contributed by atoms with van der Waals surface area (Å²) in [5, 5.41) is 5.93. The maximum absolute atomic E-state index is 12.1. The van der Waals surface area contributed by atoms with Gasteiger partial charge in [0.25, 0.3) is 0 Å².